The Kier molecular flexibility index (Phi) is 8.71. The molecular weight excluding hydrogens is 416 g/mol. The molecule has 0 saturated carbocycles. The molecule has 0 unspecified atom stereocenters. The van der Waals surface area contributed by atoms with Crippen LogP contribution >= 0.6 is 0 Å². The highest BCUT2D eigenvalue weighted by molar-refractivity contribution is 5.94. The smallest absolute Gasteiger partial charge is 0.319 e. The molecule has 3 aromatic carbocycles. The number of hydrogen-bond acceptors (Lipinski definition) is 4. The van der Waals surface area contributed by atoms with Crippen LogP contribution in [0.5, 0.6) is 5.75 Å². The molecule has 7 nitrogen and oxygen atoms in total. The molecule has 0 aliphatic heterocycles. The van der Waals surface area contributed by atoms with Crippen molar-refractivity contribution >= 4 is 23.3 Å². The molecule has 0 aromatic heterocycles. The van der Waals surface area contributed by atoms with Crippen LogP contribution in [0.15, 0.2) is 78.9 Å². The quantitative estimate of drug-likeness (QED) is 0.355. The summed E-state index contributed by atoms with van der Waals surface area (Å²) in [4.78, 5) is 25.5. The Hall–Kier alpha value is -4.00. The van der Waals surface area contributed by atoms with E-state index in [1.807, 2.05) is 85.8 Å². The third-order valence-electron chi connectivity index (χ3n) is 5.14. The fraction of sp³-hybridized carbons (Fsp3) is 0.231. The predicted octanol–water partition coefficient (Wildman–Crippen LogP) is 3.96. The van der Waals surface area contributed by atoms with E-state index >= 15 is 0 Å². The number of benzene rings is 3. The Morgan fingerprint density at radius 1 is 0.879 bits per heavy atom. The lowest BCUT2D eigenvalue weighted by Gasteiger charge is -2.20. The van der Waals surface area contributed by atoms with Crippen molar-refractivity contribution in [3.63, 3.8) is 0 Å². The summed E-state index contributed by atoms with van der Waals surface area (Å²) in [6, 6.07) is 23.6. The van der Waals surface area contributed by atoms with Crippen LogP contribution in [0.25, 0.3) is 0 Å². The second-order valence-corrected chi connectivity index (χ2v) is 7.60. The molecule has 7 heteroatoms. The lowest BCUT2D eigenvalue weighted by molar-refractivity contribution is -0.122. The maximum Gasteiger partial charge on any atom is 0.319 e. The maximum atomic E-state index is 12.9. The van der Waals surface area contributed by atoms with Crippen molar-refractivity contribution in [2.75, 3.05) is 30.8 Å². The Balaban J connectivity index is 1.56. The van der Waals surface area contributed by atoms with Crippen LogP contribution in [0, 0.1) is 6.92 Å². The van der Waals surface area contributed by atoms with Gasteiger partial charge in [-0.2, -0.15) is 0 Å². The molecular formula is C26H30N4O3. The van der Waals surface area contributed by atoms with Crippen LogP contribution in [0.4, 0.5) is 16.2 Å². The fourth-order valence-corrected chi connectivity index (χ4v) is 3.31. The van der Waals surface area contributed by atoms with Gasteiger partial charge in [-0.15, -0.1) is 0 Å². The first-order chi connectivity index (χ1) is 16.0. The van der Waals surface area contributed by atoms with E-state index in [4.69, 9.17) is 4.74 Å². The lowest BCUT2D eigenvalue weighted by atomic mass is 10.1. The average molecular weight is 447 g/mol. The van der Waals surface area contributed by atoms with Crippen LogP contribution in [-0.4, -0.2) is 38.2 Å². The SMILES string of the molecule is COc1ccc(NCCNC(=O)[C@H](Cc2ccccc2)NC(=O)Nc2ccccc2C)cc1. The molecule has 0 spiro atoms. The molecule has 3 amide bonds. The number of aryl methyl sites for hydroxylation is 1. The molecule has 0 radical (unpaired) electrons. The van der Waals surface area contributed by atoms with E-state index in [2.05, 4.69) is 21.3 Å². The van der Waals surface area contributed by atoms with Crippen molar-refractivity contribution in [1.29, 1.82) is 0 Å². The summed E-state index contributed by atoms with van der Waals surface area (Å²) >= 11 is 0. The minimum atomic E-state index is -0.711. The Morgan fingerprint density at radius 3 is 2.27 bits per heavy atom. The van der Waals surface area contributed by atoms with E-state index in [0.717, 1.165) is 22.6 Å². The number of rotatable bonds is 10. The van der Waals surface area contributed by atoms with Crippen LogP contribution in [0.2, 0.25) is 0 Å². The summed E-state index contributed by atoms with van der Waals surface area (Å²) in [6.07, 6.45) is 0.389. The summed E-state index contributed by atoms with van der Waals surface area (Å²) < 4.78 is 5.15. The van der Waals surface area contributed by atoms with Crippen LogP contribution < -0.4 is 26.0 Å². The number of carbonyl (C=O) groups is 2. The van der Waals surface area contributed by atoms with Crippen molar-refractivity contribution in [1.82, 2.24) is 10.6 Å². The first-order valence-corrected chi connectivity index (χ1v) is 10.9. The zero-order chi connectivity index (χ0) is 23.5. The highest BCUT2D eigenvalue weighted by Crippen LogP contribution is 2.15. The van der Waals surface area contributed by atoms with Gasteiger partial charge in [0.1, 0.15) is 11.8 Å². The molecule has 0 heterocycles. The van der Waals surface area contributed by atoms with Gasteiger partial charge < -0.3 is 26.0 Å². The third kappa shape index (κ3) is 7.57. The van der Waals surface area contributed by atoms with Gasteiger partial charge >= 0.3 is 6.03 Å². The van der Waals surface area contributed by atoms with E-state index in [9.17, 15) is 9.59 Å². The van der Waals surface area contributed by atoms with Gasteiger partial charge in [0, 0.05) is 30.9 Å². The number of ether oxygens (including phenoxy) is 1. The lowest BCUT2D eigenvalue weighted by Crippen LogP contribution is -2.50. The van der Waals surface area contributed by atoms with Crippen molar-refractivity contribution in [2.45, 2.75) is 19.4 Å². The van der Waals surface area contributed by atoms with Gasteiger partial charge in [-0.25, -0.2) is 4.79 Å². The molecule has 0 aliphatic carbocycles. The number of amides is 3. The number of anilines is 2. The average Bonchev–Trinajstić information content (AvgIpc) is 2.84. The van der Waals surface area contributed by atoms with E-state index < -0.39 is 12.1 Å². The van der Waals surface area contributed by atoms with Gasteiger partial charge in [0.25, 0.3) is 0 Å². The number of hydrogen-bond donors (Lipinski definition) is 4. The summed E-state index contributed by atoms with van der Waals surface area (Å²) in [6.45, 7) is 2.88. The van der Waals surface area contributed by atoms with Crippen molar-refractivity contribution in [2.24, 2.45) is 0 Å². The van der Waals surface area contributed by atoms with Gasteiger partial charge in [-0.3, -0.25) is 4.79 Å². The fourth-order valence-electron chi connectivity index (χ4n) is 3.31. The second kappa shape index (κ2) is 12.1. The standard InChI is InChI=1S/C26H30N4O3/c1-19-8-6-7-11-23(19)29-26(32)30-24(18-20-9-4-3-5-10-20)25(31)28-17-16-27-21-12-14-22(33-2)15-13-21/h3-15,24,27H,16-18H2,1-2H3,(H,28,31)(H2,29,30,32)/t24-/m0/s1. The monoisotopic (exact) mass is 446 g/mol. The zero-order valence-corrected chi connectivity index (χ0v) is 18.9. The number of para-hydroxylation sites is 1. The summed E-state index contributed by atoms with van der Waals surface area (Å²) in [5, 5.41) is 11.8. The van der Waals surface area contributed by atoms with Gasteiger partial charge in [-0.1, -0.05) is 48.5 Å². The predicted molar refractivity (Wildman–Crippen MR) is 132 cm³/mol. The first-order valence-electron chi connectivity index (χ1n) is 10.9. The molecule has 1 atom stereocenters. The first kappa shape index (κ1) is 23.7. The van der Waals surface area contributed by atoms with Crippen LogP contribution in [-0.2, 0) is 11.2 Å². The largest absolute Gasteiger partial charge is 0.497 e. The third-order valence-corrected chi connectivity index (χ3v) is 5.14. The normalized spacial score (nSPS) is 11.2. The van der Waals surface area contributed by atoms with Gasteiger partial charge in [0.2, 0.25) is 5.91 Å². The van der Waals surface area contributed by atoms with Crippen molar-refractivity contribution in [3.8, 4) is 5.75 Å². The van der Waals surface area contributed by atoms with E-state index in [1.165, 1.54) is 0 Å². The number of urea groups is 1. The molecule has 0 fully saturated rings. The van der Waals surface area contributed by atoms with E-state index in [0.29, 0.717) is 25.2 Å². The minimum Gasteiger partial charge on any atom is -0.497 e. The topological polar surface area (TPSA) is 91.5 Å². The Morgan fingerprint density at radius 2 is 1.58 bits per heavy atom. The number of methoxy groups -OCH3 is 1. The zero-order valence-electron chi connectivity index (χ0n) is 18.9. The summed E-state index contributed by atoms with van der Waals surface area (Å²) in [5.74, 6) is 0.544. The van der Waals surface area contributed by atoms with Gasteiger partial charge in [-0.05, 0) is 48.4 Å². The maximum absolute atomic E-state index is 12.9. The van der Waals surface area contributed by atoms with Gasteiger partial charge in [0.15, 0.2) is 0 Å². The molecule has 0 aliphatic rings. The van der Waals surface area contributed by atoms with E-state index in [-0.39, 0.29) is 5.91 Å². The molecule has 0 saturated heterocycles. The molecule has 3 rings (SSSR count). The van der Waals surface area contributed by atoms with Crippen molar-refractivity contribution < 1.29 is 14.3 Å². The highest BCUT2D eigenvalue weighted by Gasteiger charge is 2.21. The molecule has 172 valence electrons. The number of carbonyl (C=O) groups excluding carboxylic acids is 2. The minimum absolute atomic E-state index is 0.240. The Bertz CT molecular complexity index is 1040. The highest BCUT2D eigenvalue weighted by atomic mass is 16.5. The Labute approximate surface area is 194 Å². The molecule has 0 bridgehead atoms. The summed E-state index contributed by atoms with van der Waals surface area (Å²) in [5.41, 5.74) is 3.55. The molecule has 33 heavy (non-hydrogen) atoms. The molecule has 3 aromatic rings. The van der Waals surface area contributed by atoms with E-state index in [1.54, 1.807) is 7.11 Å². The molecule has 4 N–H and O–H groups in total. The van der Waals surface area contributed by atoms with Crippen LogP contribution in [0.3, 0.4) is 0 Å². The van der Waals surface area contributed by atoms with Crippen molar-refractivity contribution in [3.05, 3.63) is 90.0 Å². The van der Waals surface area contributed by atoms with Crippen LogP contribution in [0.1, 0.15) is 11.1 Å². The van der Waals surface area contributed by atoms with Gasteiger partial charge in [0.05, 0.1) is 7.11 Å². The number of nitrogens with one attached hydrogen (secondary N) is 4. The second-order valence-electron chi connectivity index (χ2n) is 7.60. The summed E-state index contributed by atoms with van der Waals surface area (Å²) in [7, 11) is 1.62.